The van der Waals surface area contributed by atoms with Crippen LogP contribution in [0, 0.1) is 0 Å². The summed E-state index contributed by atoms with van der Waals surface area (Å²) in [7, 11) is 0. The van der Waals surface area contributed by atoms with Gasteiger partial charge in [0.05, 0.1) is 23.0 Å². The Morgan fingerprint density at radius 1 is 0.581 bits per heavy atom. The standard InChI is InChI=1S/C38H26N4O/c1-2-12-27(13-3-1)36-26-40-42(41-36)29-15-11-17-31(25-29)43-30-16-10-14-28(24-30)38(37-22-8-9-23-39-37)34-20-6-4-18-32(34)33-19-5-7-21-35(33)38/h1-26H. The van der Waals surface area contributed by atoms with Gasteiger partial charge in [0.1, 0.15) is 17.2 Å². The van der Waals surface area contributed by atoms with Crippen LogP contribution in [0.4, 0.5) is 0 Å². The summed E-state index contributed by atoms with van der Waals surface area (Å²) in [6.45, 7) is 0. The van der Waals surface area contributed by atoms with E-state index in [2.05, 4.69) is 84.0 Å². The fraction of sp³-hybridized carbons (Fsp3) is 0.0263. The minimum atomic E-state index is -0.581. The van der Waals surface area contributed by atoms with Crippen molar-refractivity contribution >= 4 is 0 Å². The number of ether oxygens (including phenoxy) is 1. The Labute approximate surface area is 249 Å². The van der Waals surface area contributed by atoms with Crippen LogP contribution in [0.5, 0.6) is 11.5 Å². The maximum Gasteiger partial charge on any atom is 0.129 e. The van der Waals surface area contributed by atoms with Gasteiger partial charge in [0.25, 0.3) is 0 Å². The van der Waals surface area contributed by atoms with Crippen molar-refractivity contribution in [3.05, 3.63) is 180 Å². The summed E-state index contributed by atoms with van der Waals surface area (Å²) in [6, 6.07) is 49.7. The van der Waals surface area contributed by atoms with Gasteiger partial charge in [-0.05, 0) is 64.2 Å². The number of benzene rings is 5. The van der Waals surface area contributed by atoms with E-state index in [4.69, 9.17) is 14.8 Å². The summed E-state index contributed by atoms with van der Waals surface area (Å²) < 4.78 is 6.50. The highest BCUT2D eigenvalue weighted by molar-refractivity contribution is 5.85. The van der Waals surface area contributed by atoms with Crippen molar-refractivity contribution in [1.82, 2.24) is 20.0 Å². The third-order valence-electron chi connectivity index (χ3n) is 8.11. The van der Waals surface area contributed by atoms with Crippen LogP contribution in [0.2, 0.25) is 0 Å². The van der Waals surface area contributed by atoms with Gasteiger partial charge in [-0.3, -0.25) is 4.98 Å². The second-order valence-electron chi connectivity index (χ2n) is 10.6. The van der Waals surface area contributed by atoms with E-state index in [1.807, 2.05) is 72.9 Å². The fourth-order valence-corrected chi connectivity index (χ4v) is 6.28. The second-order valence-corrected chi connectivity index (χ2v) is 10.6. The fourth-order valence-electron chi connectivity index (χ4n) is 6.28. The molecule has 5 heteroatoms. The maximum absolute atomic E-state index is 6.50. The van der Waals surface area contributed by atoms with Crippen LogP contribution in [0.25, 0.3) is 28.1 Å². The Balaban J connectivity index is 1.20. The summed E-state index contributed by atoms with van der Waals surface area (Å²) in [4.78, 5) is 6.57. The molecule has 0 fully saturated rings. The average Bonchev–Trinajstić information content (AvgIpc) is 3.69. The van der Waals surface area contributed by atoms with Crippen LogP contribution < -0.4 is 4.74 Å². The normalized spacial score (nSPS) is 12.8. The molecule has 0 spiro atoms. The second kappa shape index (κ2) is 10.2. The topological polar surface area (TPSA) is 52.8 Å². The van der Waals surface area contributed by atoms with Gasteiger partial charge in [-0.15, -0.1) is 5.10 Å². The molecule has 43 heavy (non-hydrogen) atoms. The van der Waals surface area contributed by atoms with Crippen LogP contribution in [-0.4, -0.2) is 20.0 Å². The van der Waals surface area contributed by atoms with Crippen LogP contribution in [-0.2, 0) is 5.41 Å². The number of hydrogen-bond donors (Lipinski definition) is 0. The highest BCUT2D eigenvalue weighted by Crippen LogP contribution is 2.55. The molecule has 5 aromatic carbocycles. The lowest BCUT2D eigenvalue weighted by Gasteiger charge is -2.32. The van der Waals surface area contributed by atoms with Gasteiger partial charge >= 0.3 is 0 Å². The molecule has 1 aliphatic carbocycles. The summed E-state index contributed by atoms with van der Waals surface area (Å²) in [5.41, 5.74) is 9.03. The predicted octanol–water partition coefficient (Wildman–Crippen LogP) is 8.48. The first-order chi connectivity index (χ1) is 21.3. The first-order valence-electron chi connectivity index (χ1n) is 14.3. The zero-order valence-corrected chi connectivity index (χ0v) is 23.2. The summed E-state index contributed by atoms with van der Waals surface area (Å²) in [5.74, 6) is 1.44. The Hall–Kier alpha value is -5.81. The molecule has 5 nitrogen and oxygen atoms in total. The molecule has 0 unspecified atom stereocenters. The minimum absolute atomic E-state index is 0.581. The van der Waals surface area contributed by atoms with E-state index in [-0.39, 0.29) is 0 Å². The van der Waals surface area contributed by atoms with Crippen molar-refractivity contribution in [2.24, 2.45) is 0 Å². The Morgan fingerprint density at radius 2 is 1.26 bits per heavy atom. The molecule has 0 amide bonds. The lowest BCUT2D eigenvalue weighted by molar-refractivity contribution is 0.480. The Kier molecular flexibility index (Phi) is 5.93. The van der Waals surface area contributed by atoms with E-state index in [1.165, 1.54) is 22.3 Å². The van der Waals surface area contributed by atoms with Crippen molar-refractivity contribution in [3.63, 3.8) is 0 Å². The first kappa shape index (κ1) is 24.9. The van der Waals surface area contributed by atoms with E-state index in [0.29, 0.717) is 5.75 Å². The van der Waals surface area contributed by atoms with E-state index < -0.39 is 5.41 Å². The summed E-state index contributed by atoms with van der Waals surface area (Å²) in [5, 5.41) is 9.20. The molecular formula is C38H26N4O. The van der Waals surface area contributed by atoms with E-state index in [9.17, 15) is 0 Å². The van der Waals surface area contributed by atoms with Crippen LogP contribution in [0.15, 0.2) is 158 Å². The van der Waals surface area contributed by atoms with Gasteiger partial charge in [0.2, 0.25) is 0 Å². The van der Waals surface area contributed by atoms with Gasteiger partial charge in [0.15, 0.2) is 0 Å². The lowest BCUT2D eigenvalue weighted by Crippen LogP contribution is -2.29. The van der Waals surface area contributed by atoms with E-state index >= 15 is 0 Å². The van der Waals surface area contributed by atoms with Gasteiger partial charge in [-0.25, -0.2) is 0 Å². The molecule has 7 aromatic rings. The van der Waals surface area contributed by atoms with Crippen LogP contribution in [0.3, 0.4) is 0 Å². The molecule has 204 valence electrons. The predicted molar refractivity (Wildman–Crippen MR) is 168 cm³/mol. The summed E-state index contributed by atoms with van der Waals surface area (Å²) >= 11 is 0. The quantitative estimate of drug-likeness (QED) is 0.207. The van der Waals surface area contributed by atoms with Crippen molar-refractivity contribution in [2.45, 2.75) is 5.41 Å². The molecule has 0 bridgehead atoms. The van der Waals surface area contributed by atoms with Crippen molar-refractivity contribution < 1.29 is 4.74 Å². The van der Waals surface area contributed by atoms with E-state index in [1.54, 1.807) is 11.0 Å². The average molecular weight is 555 g/mol. The lowest BCUT2D eigenvalue weighted by atomic mass is 9.70. The van der Waals surface area contributed by atoms with Crippen LogP contribution in [0.1, 0.15) is 22.4 Å². The molecule has 0 atom stereocenters. The highest BCUT2D eigenvalue weighted by Gasteiger charge is 2.47. The largest absolute Gasteiger partial charge is 0.457 e. The molecule has 0 aliphatic heterocycles. The number of fused-ring (bicyclic) bond motifs is 3. The molecule has 0 radical (unpaired) electrons. The van der Waals surface area contributed by atoms with Crippen molar-refractivity contribution in [1.29, 1.82) is 0 Å². The van der Waals surface area contributed by atoms with Crippen molar-refractivity contribution in [3.8, 4) is 39.6 Å². The molecule has 8 rings (SSSR count). The monoisotopic (exact) mass is 554 g/mol. The minimum Gasteiger partial charge on any atom is -0.457 e. The van der Waals surface area contributed by atoms with Gasteiger partial charge in [-0.2, -0.15) is 9.90 Å². The Bertz CT molecular complexity index is 2020. The molecular weight excluding hydrogens is 528 g/mol. The number of pyridine rings is 1. The van der Waals surface area contributed by atoms with Crippen LogP contribution >= 0.6 is 0 Å². The van der Waals surface area contributed by atoms with Gasteiger partial charge in [0, 0.05) is 17.8 Å². The molecule has 2 aromatic heterocycles. The number of aromatic nitrogens is 4. The molecule has 1 aliphatic rings. The number of rotatable bonds is 6. The third kappa shape index (κ3) is 4.13. The molecule has 0 saturated heterocycles. The zero-order chi connectivity index (χ0) is 28.6. The Morgan fingerprint density at radius 3 is 2.00 bits per heavy atom. The maximum atomic E-state index is 6.50. The molecule has 0 N–H and O–H groups in total. The number of nitrogens with zero attached hydrogens (tertiary/aromatic N) is 4. The van der Waals surface area contributed by atoms with Gasteiger partial charge in [-0.1, -0.05) is 103 Å². The molecule has 0 saturated carbocycles. The van der Waals surface area contributed by atoms with E-state index in [0.717, 1.165) is 34.0 Å². The highest BCUT2D eigenvalue weighted by atomic mass is 16.5. The SMILES string of the molecule is c1ccc(-c2cnn(-c3cccc(Oc4cccc(C5(c6ccccn6)c6ccccc6-c6ccccc65)c4)c3)n2)cc1. The number of hydrogen-bond acceptors (Lipinski definition) is 4. The smallest absolute Gasteiger partial charge is 0.129 e. The zero-order valence-electron chi connectivity index (χ0n) is 23.2. The summed E-state index contributed by atoms with van der Waals surface area (Å²) in [6.07, 6.45) is 3.65. The van der Waals surface area contributed by atoms with Gasteiger partial charge < -0.3 is 4.74 Å². The first-order valence-corrected chi connectivity index (χ1v) is 14.3. The van der Waals surface area contributed by atoms with Crippen molar-refractivity contribution in [2.75, 3.05) is 0 Å². The third-order valence-corrected chi connectivity index (χ3v) is 8.11. The molecule has 2 heterocycles.